The number of hydrogen-bond acceptors (Lipinski definition) is 8. The molecule has 1 N–H and O–H groups in total. The molecule has 1 amide bonds. The lowest BCUT2D eigenvalue weighted by Crippen LogP contribution is -2.37. The monoisotopic (exact) mass is 468 g/mol. The summed E-state index contributed by atoms with van der Waals surface area (Å²) >= 11 is 0. The zero-order chi connectivity index (χ0) is 24.1. The van der Waals surface area contributed by atoms with Gasteiger partial charge in [-0.15, -0.1) is 0 Å². The fraction of sp³-hybridized carbons (Fsp3) is 0.417. The number of nitrogens with one attached hydrogen (secondary N) is 1. The van der Waals surface area contributed by atoms with E-state index in [4.69, 9.17) is 9.47 Å². The minimum absolute atomic E-state index is 0.149. The Morgan fingerprint density at radius 1 is 0.941 bits per heavy atom. The van der Waals surface area contributed by atoms with Gasteiger partial charge in [0.2, 0.25) is 0 Å². The van der Waals surface area contributed by atoms with Crippen LogP contribution in [0.4, 0.5) is 22.7 Å². The van der Waals surface area contributed by atoms with Gasteiger partial charge in [-0.1, -0.05) is 0 Å². The first-order chi connectivity index (χ1) is 16.5. The van der Waals surface area contributed by atoms with Crippen molar-refractivity contribution in [2.45, 2.75) is 19.3 Å². The van der Waals surface area contributed by atoms with Gasteiger partial charge in [0.15, 0.2) is 0 Å². The Morgan fingerprint density at radius 2 is 1.59 bits per heavy atom. The molecule has 0 aliphatic carbocycles. The number of carbonyl (C=O) groups excluding carboxylic acids is 2. The van der Waals surface area contributed by atoms with Gasteiger partial charge in [0, 0.05) is 44.0 Å². The van der Waals surface area contributed by atoms with Crippen LogP contribution in [0.15, 0.2) is 36.4 Å². The highest BCUT2D eigenvalue weighted by atomic mass is 16.6. The van der Waals surface area contributed by atoms with Crippen LogP contribution in [0.2, 0.25) is 0 Å². The standard InChI is InChI=1S/C24H28N4O6/c1-33-24(30)20-15-17(5-7-22(20)27-11-13-34-14-12-27)25-23(29)19-16-18(28(31)32)6-8-21(19)26-9-3-2-4-10-26/h5-8,15-16H,2-4,9-14H2,1H3,(H,25,29). The molecule has 0 atom stereocenters. The van der Waals surface area contributed by atoms with Gasteiger partial charge in [-0.25, -0.2) is 4.79 Å². The molecule has 0 aromatic heterocycles. The molecular formula is C24H28N4O6. The quantitative estimate of drug-likeness (QED) is 0.389. The molecule has 0 unspecified atom stereocenters. The van der Waals surface area contributed by atoms with Crippen LogP contribution in [0, 0.1) is 10.1 Å². The van der Waals surface area contributed by atoms with Crippen molar-refractivity contribution in [3.8, 4) is 0 Å². The summed E-state index contributed by atoms with van der Waals surface area (Å²) in [4.78, 5) is 40.7. The van der Waals surface area contributed by atoms with E-state index in [0.717, 1.165) is 32.4 Å². The number of ether oxygens (including phenoxy) is 2. The first-order valence-electron chi connectivity index (χ1n) is 11.4. The number of piperidine rings is 1. The van der Waals surface area contributed by atoms with E-state index in [1.165, 1.54) is 19.2 Å². The lowest BCUT2D eigenvalue weighted by molar-refractivity contribution is -0.384. The first-order valence-corrected chi connectivity index (χ1v) is 11.4. The average Bonchev–Trinajstić information content (AvgIpc) is 2.88. The molecule has 2 fully saturated rings. The van der Waals surface area contributed by atoms with Crippen LogP contribution in [0.3, 0.4) is 0 Å². The molecule has 0 saturated carbocycles. The van der Waals surface area contributed by atoms with Gasteiger partial charge in [0.25, 0.3) is 11.6 Å². The van der Waals surface area contributed by atoms with E-state index in [2.05, 4.69) is 10.2 Å². The second-order valence-corrected chi connectivity index (χ2v) is 8.28. The van der Waals surface area contributed by atoms with Crippen LogP contribution in [-0.2, 0) is 9.47 Å². The van der Waals surface area contributed by atoms with Crippen LogP contribution < -0.4 is 15.1 Å². The molecule has 2 saturated heterocycles. The predicted molar refractivity (Wildman–Crippen MR) is 128 cm³/mol. The number of non-ortho nitro benzene ring substituents is 1. The number of esters is 1. The number of benzene rings is 2. The molecule has 34 heavy (non-hydrogen) atoms. The lowest BCUT2D eigenvalue weighted by atomic mass is 10.1. The van der Waals surface area contributed by atoms with Gasteiger partial charge >= 0.3 is 5.97 Å². The molecule has 0 spiro atoms. The molecular weight excluding hydrogens is 440 g/mol. The minimum atomic E-state index is -0.512. The maximum Gasteiger partial charge on any atom is 0.340 e. The zero-order valence-electron chi connectivity index (χ0n) is 19.1. The normalized spacial score (nSPS) is 16.1. The van der Waals surface area contributed by atoms with Crippen molar-refractivity contribution in [1.29, 1.82) is 0 Å². The second kappa shape index (κ2) is 10.5. The van der Waals surface area contributed by atoms with E-state index in [-0.39, 0.29) is 11.3 Å². The van der Waals surface area contributed by atoms with E-state index in [1.54, 1.807) is 24.3 Å². The number of morpholine rings is 1. The summed E-state index contributed by atoms with van der Waals surface area (Å²) in [5, 5.41) is 14.2. The Hall–Kier alpha value is -3.66. The number of rotatable bonds is 6. The third-order valence-corrected chi connectivity index (χ3v) is 6.14. The van der Waals surface area contributed by atoms with Gasteiger partial charge in [0.1, 0.15) is 0 Å². The van der Waals surface area contributed by atoms with E-state index < -0.39 is 16.8 Å². The molecule has 10 nitrogen and oxygen atoms in total. The number of nitrogens with zero attached hydrogens (tertiary/aromatic N) is 3. The molecule has 2 aliphatic heterocycles. The number of nitro benzene ring substituents is 1. The number of methoxy groups -OCH3 is 1. The summed E-state index contributed by atoms with van der Waals surface area (Å²) in [6, 6.07) is 9.43. The van der Waals surface area contributed by atoms with Crippen molar-refractivity contribution in [1.82, 2.24) is 0 Å². The number of hydrogen-bond donors (Lipinski definition) is 1. The third kappa shape index (κ3) is 5.12. The molecule has 2 aromatic rings. The van der Waals surface area contributed by atoms with Crippen LogP contribution in [0.25, 0.3) is 0 Å². The summed E-state index contributed by atoms with van der Waals surface area (Å²) in [7, 11) is 1.31. The fourth-order valence-corrected chi connectivity index (χ4v) is 4.40. The van der Waals surface area contributed by atoms with Crippen LogP contribution in [-0.4, -0.2) is 63.3 Å². The van der Waals surface area contributed by atoms with Crippen LogP contribution in [0.1, 0.15) is 40.0 Å². The number of anilines is 3. The van der Waals surface area contributed by atoms with Crippen molar-refractivity contribution in [3.63, 3.8) is 0 Å². The summed E-state index contributed by atoms with van der Waals surface area (Å²) in [5.74, 6) is -0.985. The SMILES string of the molecule is COC(=O)c1cc(NC(=O)c2cc([N+](=O)[O-])ccc2N2CCCCC2)ccc1N1CCOCC1. The molecule has 4 rings (SSSR count). The minimum Gasteiger partial charge on any atom is -0.465 e. The summed E-state index contributed by atoms with van der Waals surface area (Å²) < 4.78 is 10.4. The largest absolute Gasteiger partial charge is 0.465 e. The van der Waals surface area contributed by atoms with Crippen molar-refractivity contribution in [3.05, 3.63) is 57.6 Å². The maximum atomic E-state index is 13.3. The van der Waals surface area contributed by atoms with Gasteiger partial charge in [0.05, 0.1) is 47.7 Å². The zero-order valence-corrected chi connectivity index (χ0v) is 19.1. The van der Waals surface area contributed by atoms with Crippen molar-refractivity contribution >= 4 is 34.6 Å². The second-order valence-electron chi connectivity index (χ2n) is 8.28. The maximum absolute atomic E-state index is 13.3. The van der Waals surface area contributed by atoms with Crippen molar-refractivity contribution < 1.29 is 24.0 Å². The molecule has 0 radical (unpaired) electrons. The van der Waals surface area contributed by atoms with E-state index in [1.807, 2.05) is 4.90 Å². The van der Waals surface area contributed by atoms with Gasteiger partial charge in [-0.05, 0) is 43.5 Å². The fourth-order valence-electron chi connectivity index (χ4n) is 4.40. The van der Waals surface area contributed by atoms with Crippen LogP contribution in [0.5, 0.6) is 0 Å². The first kappa shape index (κ1) is 23.5. The highest BCUT2D eigenvalue weighted by Crippen LogP contribution is 2.30. The van der Waals surface area contributed by atoms with Gasteiger partial charge in [-0.2, -0.15) is 0 Å². The summed E-state index contributed by atoms with van der Waals surface area (Å²) in [6.07, 6.45) is 3.13. The summed E-state index contributed by atoms with van der Waals surface area (Å²) in [6.45, 7) is 3.99. The van der Waals surface area contributed by atoms with E-state index in [0.29, 0.717) is 48.9 Å². The number of amides is 1. The molecule has 2 aromatic carbocycles. The van der Waals surface area contributed by atoms with Crippen LogP contribution >= 0.6 is 0 Å². The highest BCUT2D eigenvalue weighted by molar-refractivity contribution is 6.09. The lowest BCUT2D eigenvalue weighted by Gasteiger charge is -2.30. The summed E-state index contributed by atoms with van der Waals surface area (Å²) in [5.41, 5.74) is 2.19. The Morgan fingerprint density at radius 3 is 2.26 bits per heavy atom. The number of carbonyl (C=O) groups is 2. The third-order valence-electron chi connectivity index (χ3n) is 6.14. The predicted octanol–water partition coefficient (Wildman–Crippen LogP) is 3.46. The number of nitro groups is 1. The average molecular weight is 469 g/mol. The Kier molecular flexibility index (Phi) is 7.27. The molecule has 2 aliphatic rings. The Balaban J connectivity index is 1.64. The van der Waals surface area contributed by atoms with E-state index >= 15 is 0 Å². The smallest absolute Gasteiger partial charge is 0.340 e. The molecule has 2 heterocycles. The molecule has 10 heteroatoms. The molecule has 0 bridgehead atoms. The molecule has 180 valence electrons. The van der Waals surface area contributed by atoms with Gasteiger partial charge < -0.3 is 24.6 Å². The van der Waals surface area contributed by atoms with Crippen molar-refractivity contribution in [2.75, 3.05) is 61.6 Å². The Labute approximate surface area is 197 Å². The highest BCUT2D eigenvalue weighted by Gasteiger charge is 2.24. The van der Waals surface area contributed by atoms with E-state index in [9.17, 15) is 19.7 Å². The van der Waals surface area contributed by atoms with Crippen molar-refractivity contribution in [2.24, 2.45) is 0 Å². The Bertz CT molecular complexity index is 1080. The van der Waals surface area contributed by atoms with Gasteiger partial charge in [-0.3, -0.25) is 14.9 Å². The topological polar surface area (TPSA) is 114 Å².